The molecule has 1 heterocycles. The lowest BCUT2D eigenvalue weighted by atomic mass is 10.1. The predicted octanol–water partition coefficient (Wildman–Crippen LogP) is 3.41. The standard InChI is InChI=1S/C18H16N2O4/c1-12-3-5-13(6-4-12)17-19-16(24-20-17)11-23-18(21)14-7-9-15(22-2)10-8-14/h3-10H,11H2,1-2H3. The molecule has 6 nitrogen and oxygen atoms in total. The van der Waals surface area contributed by atoms with Crippen LogP contribution >= 0.6 is 0 Å². The molecule has 0 N–H and O–H groups in total. The highest BCUT2D eigenvalue weighted by Gasteiger charge is 2.12. The number of hydrogen-bond donors (Lipinski definition) is 0. The summed E-state index contributed by atoms with van der Waals surface area (Å²) in [7, 11) is 1.56. The maximum absolute atomic E-state index is 12.0. The highest BCUT2D eigenvalue weighted by atomic mass is 16.6. The number of rotatable bonds is 5. The molecule has 2 aromatic carbocycles. The minimum Gasteiger partial charge on any atom is -0.497 e. The fraction of sp³-hybridized carbons (Fsp3) is 0.167. The van der Waals surface area contributed by atoms with Gasteiger partial charge >= 0.3 is 5.97 Å². The number of esters is 1. The molecule has 0 aliphatic carbocycles. The van der Waals surface area contributed by atoms with Crippen LogP contribution < -0.4 is 4.74 Å². The van der Waals surface area contributed by atoms with Gasteiger partial charge in [-0.3, -0.25) is 0 Å². The van der Waals surface area contributed by atoms with Gasteiger partial charge in [0.15, 0.2) is 6.61 Å². The summed E-state index contributed by atoms with van der Waals surface area (Å²) >= 11 is 0. The first kappa shape index (κ1) is 15.7. The van der Waals surface area contributed by atoms with E-state index in [2.05, 4.69) is 10.1 Å². The summed E-state index contributed by atoms with van der Waals surface area (Å²) in [5.74, 6) is 0.914. The first-order chi connectivity index (χ1) is 11.7. The minimum absolute atomic E-state index is 0.0796. The van der Waals surface area contributed by atoms with Crippen LogP contribution in [-0.4, -0.2) is 23.2 Å². The number of benzene rings is 2. The van der Waals surface area contributed by atoms with E-state index in [9.17, 15) is 4.79 Å². The van der Waals surface area contributed by atoms with Crippen molar-refractivity contribution in [1.29, 1.82) is 0 Å². The van der Waals surface area contributed by atoms with Crippen LogP contribution in [-0.2, 0) is 11.3 Å². The van der Waals surface area contributed by atoms with Crippen LogP contribution in [0.15, 0.2) is 53.1 Å². The molecular weight excluding hydrogens is 308 g/mol. The van der Waals surface area contributed by atoms with Gasteiger partial charge in [-0.1, -0.05) is 35.0 Å². The van der Waals surface area contributed by atoms with Gasteiger partial charge in [-0.2, -0.15) is 4.98 Å². The zero-order valence-corrected chi connectivity index (χ0v) is 13.4. The van der Waals surface area contributed by atoms with Crippen molar-refractivity contribution in [2.24, 2.45) is 0 Å². The lowest BCUT2D eigenvalue weighted by Gasteiger charge is -2.03. The summed E-state index contributed by atoms with van der Waals surface area (Å²) in [4.78, 5) is 16.2. The van der Waals surface area contributed by atoms with E-state index in [1.165, 1.54) is 0 Å². The number of methoxy groups -OCH3 is 1. The summed E-state index contributed by atoms with van der Waals surface area (Å²) in [6, 6.07) is 14.4. The molecule has 0 saturated carbocycles. The SMILES string of the molecule is COc1ccc(C(=O)OCc2nc(-c3ccc(C)cc3)no2)cc1. The summed E-state index contributed by atoms with van der Waals surface area (Å²) in [5.41, 5.74) is 2.42. The fourth-order valence-electron chi connectivity index (χ4n) is 2.07. The molecule has 3 aromatic rings. The van der Waals surface area contributed by atoms with Gasteiger partial charge in [0.1, 0.15) is 5.75 Å². The molecule has 122 valence electrons. The molecule has 0 fully saturated rings. The van der Waals surface area contributed by atoms with Crippen molar-refractivity contribution < 1.29 is 18.8 Å². The molecule has 0 amide bonds. The zero-order chi connectivity index (χ0) is 16.9. The second-order valence-electron chi connectivity index (χ2n) is 5.18. The Kier molecular flexibility index (Phi) is 4.56. The third kappa shape index (κ3) is 3.60. The molecule has 0 atom stereocenters. The lowest BCUT2D eigenvalue weighted by molar-refractivity contribution is 0.0430. The highest BCUT2D eigenvalue weighted by molar-refractivity contribution is 5.89. The average molecular weight is 324 g/mol. The topological polar surface area (TPSA) is 74.5 Å². The van der Waals surface area contributed by atoms with Crippen LogP contribution in [0, 0.1) is 6.92 Å². The molecule has 0 unspecified atom stereocenters. The Labute approximate surface area is 139 Å². The van der Waals surface area contributed by atoms with Gasteiger partial charge in [0.05, 0.1) is 12.7 Å². The molecule has 1 aromatic heterocycles. The van der Waals surface area contributed by atoms with Crippen LogP contribution in [0.3, 0.4) is 0 Å². The van der Waals surface area contributed by atoms with E-state index in [1.807, 2.05) is 31.2 Å². The van der Waals surface area contributed by atoms with Crippen LogP contribution in [0.1, 0.15) is 21.8 Å². The van der Waals surface area contributed by atoms with Crippen LogP contribution in [0.25, 0.3) is 11.4 Å². The van der Waals surface area contributed by atoms with Gasteiger partial charge in [-0.15, -0.1) is 0 Å². The van der Waals surface area contributed by atoms with Gasteiger partial charge in [-0.05, 0) is 31.2 Å². The van der Waals surface area contributed by atoms with Crippen molar-refractivity contribution in [3.8, 4) is 17.1 Å². The van der Waals surface area contributed by atoms with E-state index in [-0.39, 0.29) is 12.5 Å². The Hall–Kier alpha value is -3.15. The Morgan fingerprint density at radius 1 is 1.08 bits per heavy atom. The molecule has 0 aliphatic rings. The van der Waals surface area contributed by atoms with Gasteiger partial charge in [-0.25, -0.2) is 4.79 Å². The Balaban J connectivity index is 1.62. The molecule has 3 rings (SSSR count). The number of carbonyl (C=O) groups is 1. The smallest absolute Gasteiger partial charge is 0.338 e. The Morgan fingerprint density at radius 2 is 1.79 bits per heavy atom. The van der Waals surface area contributed by atoms with Gasteiger partial charge in [0.2, 0.25) is 5.82 Å². The Morgan fingerprint density at radius 3 is 2.46 bits per heavy atom. The van der Waals surface area contributed by atoms with E-state index in [0.29, 0.717) is 17.1 Å². The van der Waals surface area contributed by atoms with Crippen molar-refractivity contribution in [1.82, 2.24) is 10.1 Å². The summed E-state index contributed by atoms with van der Waals surface area (Å²) in [6.45, 7) is 1.92. The second-order valence-corrected chi connectivity index (χ2v) is 5.18. The number of ether oxygens (including phenoxy) is 2. The van der Waals surface area contributed by atoms with Gasteiger partial charge < -0.3 is 14.0 Å². The third-order valence-corrected chi connectivity index (χ3v) is 3.43. The van der Waals surface area contributed by atoms with Crippen LogP contribution in [0.4, 0.5) is 0 Å². The maximum Gasteiger partial charge on any atom is 0.338 e. The first-order valence-electron chi connectivity index (χ1n) is 7.36. The number of nitrogens with zero attached hydrogens (tertiary/aromatic N) is 2. The van der Waals surface area contributed by atoms with Crippen molar-refractivity contribution in [3.63, 3.8) is 0 Å². The number of carbonyl (C=O) groups excluding carboxylic acids is 1. The third-order valence-electron chi connectivity index (χ3n) is 3.43. The second kappa shape index (κ2) is 6.95. The van der Waals surface area contributed by atoms with E-state index < -0.39 is 5.97 Å². The van der Waals surface area contributed by atoms with E-state index in [0.717, 1.165) is 11.1 Å². The van der Waals surface area contributed by atoms with Crippen LogP contribution in [0.5, 0.6) is 5.75 Å². The van der Waals surface area contributed by atoms with E-state index in [1.54, 1.807) is 31.4 Å². The molecule has 0 spiro atoms. The summed E-state index contributed by atoms with van der Waals surface area (Å²) in [6.07, 6.45) is 0. The molecule has 24 heavy (non-hydrogen) atoms. The molecule has 0 radical (unpaired) electrons. The van der Waals surface area contributed by atoms with Crippen molar-refractivity contribution in [2.75, 3.05) is 7.11 Å². The fourth-order valence-corrected chi connectivity index (χ4v) is 2.07. The predicted molar refractivity (Wildman–Crippen MR) is 86.6 cm³/mol. The number of aryl methyl sites for hydroxylation is 1. The van der Waals surface area contributed by atoms with E-state index in [4.69, 9.17) is 14.0 Å². The van der Waals surface area contributed by atoms with Crippen LogP contribution in [0.2, 0.25) is 0 Å². The average Bonchev–Trinajstić information content (AvgIpc) is 3.09. The summed E-state index contributed by atoms with van der Waals surface area (Å²) in [5, 5.41) is 3.90. The van der Waals surface area contributed by atoms with E-state index >= 15 is 0 Å². The molecule has 6 heteroatoms. The highest BCUT2D eigenvalue weighted by Crippen LogP contribution is 2.17. The monoisotopic (exact) mass is 324 g/mol. The maximum atomic E-state index is 12.0. The number of aromatic nitrogens is 2. The van der Waals surface area contributed by atoms with Crippen molar-refractivity contribution in [3.05, 3.63) is 65.5 Å². The van der Waals surface area contributed by atoms with Crippen molar-refractivity contribution >= 4 is 5.97 Å². The normalized spacial score (nSPS) is 10.4. The number of hydrogen-bond acceptors (Lipinski definition) is 6. The first-order valence-corrected chi connectivity index (χ1v) is 7.36. The molecule has 0 aliphatic heterocycles. The quantitative estimate of drug-likeness (QED) is 0.670. The largest absolute Gasteiger partial charge is 0.497 e. The molecular formula is C18H16N2O4. The molecule has 0 bridgehead atoms. The van der Waals surface area contributed by atoms with Gasteiger partial charge in [0.25, 0.3) is 5.89 Å². The zero-order valence-electron chi connectivity index (χ0n) is 13.4. The summed E-state index contributed by atoms with van der Waals surface area (Å²) < 4.78 is 15.3. The minimum atomic E-state index is -0.465. The van der Waals surface area contributed by atoms with Crippen molar-refractivity contribution in [2.45, 2.75) is 13.5 Å². The molecule has 0 saturated heterocycles. The Bertz CT molecular complexity index is 823. The lowest BCUT2D eigenvalue weighted by Crippen LogP contribution is -2.05. The van der Waals surface area contributed by atoms with Gasteiger partial charge in [0, 0.05) is 5.56 Å².